The van der Waals surface area contributed by atoms with Crippen molar-refractivity contribution < 1.29 is 14.4 Å². The highest BCUT2D eigenvalue weighted by atomic mass is 35.5. The van der Waals surface area contributed by atoms with Gasteiger partial charge in [0.1, 0.15) is 5.70 Å². The first-order chi connectivity index (χ1) is 20.2. The summed E-state index contributed by atoms with van der Waals surface area (Å²) in [4.78, 5) is 39.6. The molecule has 0 atom stereocenters. The summed E-state index contributed by atoms with van der Waals surface area (Å²) in [6.07, 6.45) is 1.64. The average molecular weight is 619 g/mol. The second kappa shape index (κ2) is 14.7. The number of carbonyl (C=O) groups excluding carboxylic acids is 3. The van der Waals surface area contributed by atoms with Gasteiger partial charge in [-0.1, -0.05) is 85.6 Å². The van der Waals surface area contributed by atoms with Crippen molar-refractivity contribution in [2.45, 2.75) is 24.7 Å². The first kappa shape index (κ1) is 30.9. The van der Waals surface area contributed by atoms with E-state index in [1.165, 1.54) is 17.3 Å². The largest absolute Gasteiger partial charge is 0.324 e. The second-order valence-electron chi connectivity index (χ2n) is 9.64. The van der Waals surface area contributed by atoms with E-state index in [-0.39, 0.29) is 17.4 Å². The van der Waals surface area contributed by atoms with Crippen LogP contribution in [-0.2, 0) is 9.59 Å². The van der Waals surface area contributed by atoms with Gasteiger partial charge in [0, 0.05) is 21.2 Å². The minimum Gasteiger partial charge on any atom is -0.324 e. The van der Waals surface area contributed by atoms with E-state index in [4.69, 9.17) is 23.2 Å². The van der Waals surface area contributed by atoms with Gasteiger partial charge in [-0.3, -0.25) is 14.4 Å². The Morgan fingerprint density at radius 3 is 2.29 bits per heavy atom. The summed E-state index contributed by atoms with van der Waals surface area (Å²) in [6.45, 7) is 4.22. The molecule has 0 saturated heterocycles. The fourth-order valence-electron chi connectivity index (χ4n) is 3.88. The molecule has 4 rings (SSSR count). The third-order valence-electron chi connectivity index (χ3n) is 6.11. The van der Waals surface area contributed by atoms with Crippen molar-refractivity contribution in [2.24, 2.45) is 0 Å². The lowest BCUT2D eigenvalue weighted by Gasteiger charge is -2.13. The summed E-state index contributed by atoms with van der Waals surface area (Å²) in [7, 11) is 0. The lowest BCUT2D eigenvalue weighted by atomic mass is 10.0. The Balaban J connectivity index is 1.47. The zero-order chi connectivity index (χ0) is 30.1. The molecule has 6 nitrogen and oxygen atoms in total. The fraction of sp³-hybridized carbons (Fsp3) is 0.121. The van der Waals surface area contributed by atoms with Crippen molar-refractivity contribution >= 4 is 70.1 Å². The molecule has 0 aromatic heterocycles. The Kier molecular flexibility index (Phi) is 10.8. The lowest BCUT2D eigenvalue weighted by Crippen LogP contribution is -2.30. The first-order valence-corrected chi connectivity index (χ1v) is 14.9. The number of amides is 3. The van der Waals surface area contributed by atoms with Crippen LogP contribution < -0.4 is 16.0 Å². The van der Waals surface area contributed by atoms with E-state index < -0.39 is 11.8 Å². The summed E-state index contributed by atoms with van der Waals surface area (Å²) >= 11 is 13.4. The number of benzene rings is 4. The molecule has 3 amide bonds. The number of nitrogens with one attached hydrogen (secondary N) is 3. The molecule has 3 N–H and O–H groups in total. The van der Waals surface area contributed by atoms with Crippen LogP contribution in [0.1, 0.15) is 41.3 Å². The van der Waals surface area contributed by atoms with Crippen molar-refractivity contribution in [1.82, 2.24) is 5.32 Å². The average Bonchev–Trinajstić information content (AvgIpc) is 2.98. The Morgan fingerprint density at radius 2 is 1.57 bits per heavy atom. The van der Waals surface area contributed by atoms with Gasteiger partial charge in [0.25, 0.3) is 11.8 Å². The fourth-order valence-corrected chi connectivity index (χ4v) is 4.97. The Morgan fingerprint density at radius 1 is 0.833 bits per heavy atom. The van der Waals surface area contributed by atoms with Gasteiger partial charge in [-0.15, -0.1) is 11.8 Å². The summed E-state index contributed by atoms with van der Waals surface area (Å²) in [5.41, 5.74) is 3.42. The zero-order valence-electron chi connectivity index (χ0n) is 23.0. The summed E-state index contributed by atoms with van der Waals surface area (Å²) in [5, 5.41) is 9.23. The van der Waals surface area contributed by atoms with E-state index in [1.807, 2.05) is 36.4 Å². The van der Waals surface area contributed by atoms with Crippen molar-refractivity contribution in [1.29, 1.82) is 0 Å². The predicted octanol–water partition coefficient (Wildman–Crippen LogP) is 8.26. The van der Waals surface area contributed by atoms with Gasteiger partial charge in [-0.2, -0.15) is 0 Å². The van der Waals surface area contributed by atoms with E-state index in [9.17, 15) is 14.4 Å². The maximum atomic E-state index is 13.4. The minimum absolute atomic E-state index is 0.0944. The molecule has 0 radical (unpaired) electrons. The van der Waals surface area contributed by atoms with Gasteiger partial charge in [0.15, 0.2) is 0 Å². The molecule has 0 aliphatic rings. The van der Waals surface area contributed by atoms with Gasteiger partial charge in [0.2, 0.25) is 5.91 Å². The smallest absolute Gasteiger partial charge is 0.272 e. The molecule has 0 aliphatic heterocycles. The topological polar surface area (TPSA) is 87.3 Å². The van der Waals surface area contributed by atoms with Crippen LogP contribution in [0.3, 0.4) is 0 Å². The number of carbonyl (C=O) groups is 3. The number of hydrogen-bond acceptors (Lipinski definition) is 4. The van der Waals surface area contributed by atoms with E-state index in [0.29, 0.717) is 32.9 Å². The molecule has 0 bridgehead atoms. The van der Waals surface area contributed by atoms with Crippen LogP contribution in [-0.4, -0.2) is 23.5 Å². The number of hydrogen-bond donors (Lipinski definition) is 3. The van der Waals surface area contributed by atoms with Gasteiger partial charge < -0.3 is 16.0 Å². The molecule has 42 heavy (non-hydrogen) atoms. The normalized spacial score (nSPS) is 11.2. The Hall–Kier alpha value is -4.04. The molecule has 4 aromatic rings. The Labute approximate surface area is 259 Å². The van der Waals surface area contributed by atoms with Crippen molar-refractivity contribution in [3.05, 3.63) is 129 Å². The molecule has 0 fully saturated rings. The number of thioether (sulfide) groups is 1. The third-order valence-corrected chi connectivity index (χ3v) is 7.67. The van der Waals surface area contributed by atoms with E-state index in [1.54, 1.807) is 66.7 Å². The molecular weight excluding hydrogens is 589 g/mol. The molecule has 214 valence electrons. The van der Waals surface area contributed by atoms with Crippen molar-refractivity contribution in [3.63, 3.8) is 0 Å². The van der Waals surface area contributed by atoms with Gasteiger partial charge >= 0.3 is 0 Å². The van der Waals surface area contributed by atoms with Crippen molar-refractivity contribution in [3.8, 4) is 0 Å². The van der Waals surface area contributed by atoms with Crippen LogP contribution in [0.5, 0.6) is 0 Å². The van der Waals surface area contributed by atoms with Crippen LogP contribution in [0.15, 0.2) is 108 Å². The second-order valence-corrected chi connectivity index (χ2v) is 11.5. The highest BCUT2D eigenvalue weighted by Gasteiger charge is 2.16. The molecule has 0 spiro atoms. The highest BCUT2D eigenvalue weighted by Crippen LogP contribution is 2.27. The van der Waals surface area contributed by atoms with Gasteiger partial charge in [0.05, 0.1) is 16.5 Å². The van der Waals surface area contributed by atoms with Crippen LogP contribution in [0, 0.1) is 0 Å². The molecule has 0 heterocycles. The lowest BCUT2D eigenvalue weighted by molar-refractivity contribution is -0.114. The Bertz CT molecular complexity index is 1610. The molecule has 4 aromatic carbocycles. The van der Waals surface area contributed by atoms with E-state index in [2.05, 4.69) is 29.8 Å². The molecule has 0 saturated carbocycles. The van der Waals surface area contributed by atoms with Crippen LogP contribution in [0.2, 0.25) is 10.0 Å². The van der Waals surface area contributed by atoms with Crippen LogP contribution >= 0.6 is 35.0 Å². The SMILES string of the molecule is CC(C)c1ccc(/C=C(/NC(=O)c2ccccc2)C(=O)Nc2cccc(SCC(=O)Nc3cc(Cl)ccc3Cl)c2)cc1. The zero-order valence-corrected chi connectivity index (χ0v) is 25.3. The summed E-state index contributed by atoms with van der Waals surface area (Å²) in [6, 6.07) is 28.5. The van der Waals surface area contributed by atoms with Gasteiger partial charge in [-0.05, 0) is 71.7 Å². The third kappa shape index (κ3) is 8.98. The predicted molar refractivity (Wildman–Crippen MR) is 173 cm³/mol. The molecule has 0 unspecified atom stereocenters. The van der Waals surface area contributed by atoms with E-state index in [0.717, 1.165) is 10.5 Å². The summed E-state index contributed by atoms with van der Waals surface area (Å²) in [5.74, 6) is -0.649. The van der Waals surface area contributed by atoms with Crippen LogP contribution in [0.4, 0.5) is 11.4 Å². The maximum Gasteiger partial charge on any atom is 0.272 e. The quantitative estimate of drug-likeness (QED) is 0.123. The number of anilines is 2. The van der Waals surface area contributed by atoms with Crippen LogP contribution in [0.25, 0.3) is 6.08 Å². The maximum absolute atomic E-state index is 13.4. The minimum atomic E-state index is -0.484. The summed E-state index contributed by atoms with van der Waals surface area (Å²) < 4.78 is 0. The molecule has 9 heteroatoms. The molecular formula is C33H29Cl2N3O3S. The highest BCUT2D eigenvalue weighted by molar-refractivity contribution is 8.00. The van der Waals surface area contributed by atoms with Gasteiger partial charge in [-0.25, -0.2) is 0 Å². The standard InChI is InChI=1S/C33H29Cl2N3O3S/c1-21(2)23-13-11-22(12-14-23)17-30(38-32(40)24-7-4-3-5-8-24)33(41)36-26-9-6-10-27(19-26)42-20-31(39)37-29-18-25(34)15-16-28(29)35/h3-19,21H,20H2,1-2H3,(H,36,41)(H,37,39)(H,38,40)/b30-17+. The first-order valence-electron chi connectivity index (χ1n) is 13.1. The van der Waals surface area contributed by atoms with E-state index >= 15 is 0 Å². The van der Waals surface area contributed by atoms with Crippen molar-refractivity contribution in [2.75, 3.05) is 16.4 Å². The monoisotopic (exact) mass is 617 g/mol. The molecule has 0 aliphatic carbocycles. The number of halogens is 2. The number of rotatable bonds is 10.